The molecule has 0 saturated carbocycles. The molecule has 0 atom stereocenters. The van der Waals surface area contributed by atoms with Crippen LogP contribution < -0.4 is 10.2 Å². The molecule has 1 N–H and O–H groups in total. The van der Waals surface area contributed by atoms with E-state index in [2.05, 4.69) is 31.0 Å². The molecule has 1 amide bonds. The van der Waals surface area contributed by atoms with Crippen molar-refractivity contribution in [2.24, 2.45) is 5.10 Å². The van der Waals surface area contributed by atoms with Crippen LogP contribution in [0.2, 0.25) is 0 Å². The fourth-order valence-corrected chi connectivity index (χ4v) is 3.37. The van der Waals surface area contributed by atoms with E-state index in [1.807, 2.05) is 68.4 Å². The van der Waals surface area contributed by atoms with Gasteiger partial charge in [-0.3, -0.25) is 4.79 Å². The molecular formula is C21H20BrN3O2. The fraction of sp³-hybridized carbons (Fsp3) is 0.143. The molecule has 6 heteroatoms. The smallest absolute Gasteiger partial charge is 0.273 e. The maximum atomic E-state index is 12.6. The number of para-hydroxylation sites is 1. The molecule has 0 bridgehead atoms. The monoisotopic (exact) mass is 425 g/mol. The highest BCUT2D eigenvalue weighted by Gasteiger charge is 2.16. The van der Waals surface area contributed by atoms with E-state index in [0.29, 0.717) is 11.3 Å². The van der Waals surface area contributed by atoms with Gasteiger partial charge < -0.3 is 9.30 Å². The van der Waals surface area contributed by atoms with Crippen molar-refractivity contribution in [2.45, 2.75) is 13.8 Å². The summed E-state index contributed by atoms with van der Waals surface area (Å²) in [6.07, 6.45) is 1.57. The third-order valence-corrected chi connectivity index (χ3v) is 4.74. The van der Waals surface area contributed by atoms with Gasteiger partial charge in [0.25, 0.3) is 5.91 Å². The number of halogens is 1. The van der Waals surface area contributed by atoms with Crippen LogP contribution in [0.5, 0.6) is 5.75 Å². The zero-order valence-electron chi connectivity index (χ0n) is 15.4. The summed E-state index contributed by atoms with van der Waals surface area (Å²) < 4.78 is 8.26. The highest BCUT2D eigenvalue weighted by atomic mass is 79.9. The van der Waals surface area contributed by atoms with Gasteiger partial charge >= 0.3 is 0 Å². The molecule has 0 radical (unpaired) electrons. The zero-order chi connectivity index (χ0) is 19.4. The standard InChI is InChI=1S/C21H20BrN3O2/c1-14-11-19(15(2)25(14)18-7-5-4-6-8-18)21(26)24-23-13-16-12-17(22)9-10-20(16)27-3/h4-13H,1-3H3,(H,24,26)/b23-13+. The number of benzene rings is 2. The van der Waals surface area contributed by atoms with E-state index < -0.39 is 0 Å². The lowest BCUT2D eigenvalue weighted by Crippen LogP contribution is -2.18. The Balaban J connectivity index is 1.81. The van der Waals surface area contributed by atoms with Gasteiger partial charge in [0.15, 0.2) is 0 Å². The van der Waals surface area contributed by atoms with Crippen molar-refractivity contribution in [1.29, 1.82) is 0 Å². The van der Waals surface area contributed by atoms with Gasteiger partial charge in [-0.2, -0.15) is 5.10 Å². The Morgan fingerprint density at radius 3 is 2.59 bits per heavy atom. The van der Waals surface area contributed by atoms with Crippen molar-refractivity contribution < 1.29 is 9.53 Å². The van der Waals surface area contributed by atoms with E-state index in [0.717, 1.165) is 27.1 Å². The molecule has 0 aliphatic heterocycles. The van der Waals surface area contributed by atoms with E-state index in [4.69, 9.17) is 4.74 Å². The van der Waals surface area contributed by atoms with Crippen LogP contribution in [0.15, 0.2) is 64.2 Å². The summed E-state index contributed by atoms with van der Waals surface area (Å²) in [7, 11) is 1.59. The molecule has 5 nitrogen and oxygen atoms in total. The summed E-state index contributed by atoms with van der Waals surface area (Å²) in [5.41, 5.74) is 6.83. The average Bonchev–Trinajstić information content (AvgIpc) is 2.97. The molecular weight excluding hydrogens is 406 g/mol. The molecule has 0 aliphatic carbocycles. The van der Waals surface area contributed by atoms with Crippen LogP contribution in [-0.4, -0.2) is 23.8 Å². The number of carbonyl (C=O) groups is 1. The molecule has 3 aromatic rings. The second-order valence-electron chi connectivity index (χ2n) is 6.04. The van der Waals surface area contributed by atoms with E-state index in [1.54, 1.807) is 13.3 Å². The van der Waals surface area contributed by atoms with Gasteiger partial charge in [-0.1, -0.05) is 34.1 Å². The summed E-state index contributed by atoms with van der Waals surface area (Å²) in [6, 6.07) is 17.4. The van der Waals surface area contributed by atoms with Crippen LogP contribution in [0.1, 0.15) is 27.3 Å². The van der Waals surface area contributed by atoms with Crippen molar-refractivity contribution >= 4 is 28.1 Å². The molecule has 2 aromatic carbocycles. The number of hydrazone groups is 1. The number of methoxy groups -OCH3 is 1. The van der Waals surface area contributed by atoms with Gasteiger partial charge in [-0.15, -0.1) is 0 Å². The van der Waals surface area contributed by atoms with Gasteiger partial charge in [0.2, 0.25) is 0 Å². The third kappa shape index (κ3) is 4.11. The summed E-state index contributed by atoms with van der Waals surface area (Å²) in [5.74, 6) is 0.425. The van der Waals surface area contributed by atoms with Crippen molar-refractivity contribution in [3.05, 3.63) is 81.6 Å². The van der Waals surface area contributed by atoms with E-state index in [-0.39, 0.29) is 5.91 Å². The number of nitrogens with zero attached hydrogens (tertiary/aromatic N) is 2. The molecule has 0 spiro atoms. The van der Waals surface area contributed by atoms with Crippen LogP contribution in [0.4, 0.5) is 0 Å². The largest absolute Gasteiger partial charge is 0.496 e. The van der Waals surface area contributed by atoms with Crippen molar-refractivity contribution in [1.82, 2.24) is 9.99 Å². The molecule has 0 fully saturated rings. The Kier molecular flexibility index (Phi) is 5.76. The molecule has 0 saturated heterocycles. The van der Waals surface area contributed by atoms with Gasteiger partial charge in [0.1, 0.15) is 5.75 Å². The van der Waals surface area contributed by atoms with Crippen molar-refractivity contribution in [2.75, 3.05) is 7.11 Å². The number of rotatable bonds is 5. The predicted octanol–water partition coefficient (Wildman–Crippen LogP) is 4.63. The van der Waals surface area contributed by atoms with E-state index >= 15 is 0 Å². The first-order chi connectivity index (χ1) is 13.0. The molecule has 27 heavy (non-hydrogen) atoms. The second kappa shape index (κ2) is 8.22. The maximum absolute atomic E-state index is 12.6. The lowest BCUT2D eigenvalue weighted by Gasteiger charge is -2.09. The number of aromatic nitrogens is 1. The second-order valence-corrected chi connectivity index (χ2v) is 6.96. The minimum atomic E-state index is -0.254. The lowest BCUT2D eigenvalue weighted by atomic mass is 10.2. The van der Waals surface area contributed by atoms with E-state index in [9.17, 15) is 4.79 Å². The Hall–Kier alpha value is -2.86. The van der Waals surface area contributed by atoms with Crippen LogP contribution in [0.3, 0.4) is 0 Å². The molecule has 3 rings (SSSR count). The highest BCUT2D eigenvalue weighted by Crippen LogP contribution is 2.22. The minimum absolute atomic E-state index is 0.254. The number of ether oxygens (including phenoxy) is 1. The topological polar surface area (TPSA) is 55.6 Å². The summed E-state index contributed by atoms with van der Waals surface area (Å²) >= 11 is 3.42. The molecule has 0 aliphatic rings. The zero-order valence-corrected chi connectivity index (χ0v) is 16.9. The highest BCUT2D eigenvalue weighted by molar-refractivity contribution is 9.10. The summed E-state index contributed by atoms with van der Waals surface area (Å²) in [6.45, 7) is 3.91. The number of amides is 1. The molecule has 1 aromatic heterocycles. The van der Waals surface area contributed by atoms with Crippen molar-refractivity contribution in [3.8, 4) is 11.4 Å². The van der Waals surface area contributed by atoms with Crippen LogP contribution in [0.25, 0.3) is 5.69 Å². The van der Waals surface area contributed by atoms with Gasteiger partial charge in [-0.05, 0) is 50.2 Å². The molecule has 1 heterocycles. The maximum Gasteiger partial charge on any atom is 0.273 e. The van der Waals surface area contributed by atoms with Gasteiger partial charge in [-0.25, -0.2) is 5.43 Å². The number of nitrogens with one attached hydrogen (secondary N) is 1. The SMILES string of the molecule is COc1ccc(Br)cc1/C=N/NC(=O)c1cc(C)n(-c2ccccc2)c1C. The van der Waals surface area contributed by atoms with Gasteiger partial charge in [0.05, 0.1) is 18.9 Å². The lowest BCUT2D eigenvalue weighted by molar-refractivity contribution is 0.0954. The van der Waals surface area contributed by atoms with E-state index in [1.165, 1.54) is 0 Å². The van der Waals surface area contributed by atoms with Crippen LogP contribution in [-0.2, 0) is 0 Å². The summed E-state index contributed by atoms with van der Waals surface area (Å²) in [4.78, 5) is 12.6. The Labute approximate surface area is 166 Å². The first-order valence-electron chi connectivity index (χ1n) is 8.42. The van der Waals surface area contributed by atoms with Gasteiger partial charge in [0, 0.05) is 27.1 Å². The Morgan fingerprint density at radius 2 is 1.89 bits per heavy atom. The van der Waals surface area contributed by atoms with Crippen molar-refractivity contribution in [3.63, 3.8) is 0 Å². The Morgan fingerprint density at radius 1 is 1.15 bits per heavy atom. The fourth-order valence-electron chi connectivity index (χ4n) is 2.99. The van der Waals surface area contributed by atoms with Crippen LogP contribution in [0, 0.1) is 13.8 Å². The quantitative estimate of drug-likeness (QED) is 0.478. The minimum Gasteiger partial charge on any atom is -0.496 e. The normalized spacial score (nSPS) is 11.0. The Bertz CT molecular complexity index is 994. The summed E-state index contributed by atoms with van der Waals surface area (Å²) in [5, 5.41) is 4.09. The molecule has 138 valence electrons. The van der Waals surface area contributed by atoms with Crippen LogP contribution >= 0.6 is 15.9 Å². The average molecular weight is 426 g/mol. The molecule has 0 unspecified atom stereocenters. The first-order valence-corrected chi connectivity index (χ1v) is 9.22. The third-order valence-electron chi connectivity index (χ3n) is 4.25. The predicted molar refractivity (Wildman–Crippen MR) is 111 cm³/mol. The first kappa shape index (κ1) is 18.9. The number of carbonyl (C=O) groups excluding carboxylic acids is 1. The number of aryl methyl sites for hydroxylation is 1. The number of hydrogen-bond donors (Lipinski definition) is 1. The number of hydrogen-bond acceptors (Lipinski definition) is 3.